The molecular formula is C28H18O6Te. The Morgan fingerprint density at radius 2 is 0.914 bits per heavy atom. The van der Waals surface area contributed by atoms with Crippen LogP contribution in [0.3, 0.4) is 0 Å². The van der Waals surface area contributed by atoms with Crippen LogP contribution in [0.25, 0.3) is 0 Å². The summed E-state index contributed by atoms with van der Waals surface area (Å²) in [5.41, 5.74) is 3.77. The van der Waals surface area contributed by atoms with Gasteiger partial charge in [-0.05, 0) is 35.4 Å². The number of carboxylic acids is 2. The number of fused-ring (bicyclic) bond motifs is 4. The van der Waals surface area contributed by atoms with Crippen LogP contribution in [0.5, 0.6) is 23.0 Å². The SMILES string of the molecule is O=C([O-])c1cccc2c1Cc1ccccc1O2.O=C([O-])c1cccc2c1Cc1ccccc1O2.[Te+2]. The van der Waals surface area contributed by atoms with E-state index >= 15 is 0 Å². The Morgan fingerprint density at radius 3 is 1.31 bits per heavy atom. The van der Waals surface area contributed by atoms with Crippen LogP contribution < -0.4 is 19.7 Å². The topological polar surface area (TPSA) is 98.7 Å². The first-order valence-corrected chi connectivity index (χ1v) is 10.7. The van der Waals surface area contributed by atoms with Crippen molar-refractivity contribution >= 4 is 35.6 Å². The molecule has 0 spiro atoms. The molecule has 4 aromatic carbocycles. The molecule has 0 unspecified atom stereocenters. The van der Waals surface area contributed by atoms with E-state index in [-0.39, 0.29) is 34.8 Å². The van der Waals surface area contributed by atoms with E-state index in [1.54, 1.807) is 36.4 Å². The van der Waals surface area contributed by atoms with Crippen LogP contribution in [-0.4, -0.2) is 35.6 Å². The van der Waals surface area contributed by atoms with Crippen molar-refractivity contribution in [3.63, 3.8) is 0 Å². The normalized spacial score (nSPS) is 11.9. The van der Waals surface area contributed by atoms with E-state index in [1.165, 1.54) is 0 Å². The van der Waals surface area contributed by atoms with Gasteiger partial charge in [-0.1, -0.05) is 60.7 Å². The van der Waals surface area contributed by atoms with Crippen LogP contribution in [0.2, 0.25) is 0 Å². The van der Waals surface area contributed by atoms with Gasteiger partial charge in [-0.3, -0.25) is 0 Å². The van der Waals surface area contributed by atoms with Crippen LogP contribution >= 0.6 is 0 Å². The Morgan fingerprint density at radius 1 is 0.543 bits per heavy atom. The predicted molar refractivity (Wildman–Crippen MR) is 126 cm³/mol. The molecular weight excluding hydrogens is 560 g/mol. The summed E-state index contributed by atoms with van der Waals surface area (Å²) in [4.78, 5) is 22.0. The molecule has 35 heavy (non-hydrogen) atoms. The molecule has 2 heterocycles. The van der Waals surface area contributed by atoms with Crippen molar-refractivity contribution in [2.75, 3.05) is 0 Å². The summed E-state index contributed by atoms with van der Waals surface area (Å²) in [6, 6.07) is 25.2. The van der Waals surface area contributed by atoms with Crippen molar-refractivity contribution in [3.8, 4) is 23.0 Å². The average molecular weight is 578 g/mol. The molecule has 0 aromatic heterocycles. The molecule has 2 aliphatic heterocycles. The zero-order valence-corrected chi connectivity index (χ0v) is 20.7. The van der Waals surface area contributed by atoms with Gasteiger partial charge in [-0.25, -0.2) is 0 Å². The largest absolute Gasteiger partial charge is 2.00 e. The molecule has 7 heteroatoms. The summed E-state index contributed by atoms with van der Waals surface area (Å²) in [7, 11) is 0. The van der Waals surface area contributed by atoms with Crippen molar-refractivity contribution in [1.82, 2.24) is 0 Å². The quantitative estimate of drug-likeness (QED) is 0.293. The van der Waals surface area contributed by atoms with E-state index in [0.717, 1.165) is 22.6 Å². The smallest absolute Gasteiger partial charge is 0.545 e. The zero-order valence-electron chi connectivity index (χ0n) is 18.4. The Kier molecular flexibility index (Phi) is 7.11. The summed E-state index contributed by atoms with van der Waals surface area (Å²) in [6.45, 7) is 0. The van der Waals surface area contributed by atoms with Crippen LogP contribution in [0.4, 0.5) is 0 Å². The number of benzene rings is 4. The van der Waals surface area contributed by atoms with Gasteiger partial charge in [0.1, 0.15) is 23.0 Å². The van der Waals surface area contributed by atoms with Gasteiger partial charge in [-0.2, -0.15) is 0 Å². The molecule has 6 rings (SSSR count). The number of carbonyl (C=O) groups excluding carboxylic acids is 2. The number of carbonyl (C=O) groups is 2. The van der Waals surface area contributed by atoms with Crippen molar-refractivity contribution in [2.45, 2.75) is 12.8 Å². The van der Waals surface area contributed by atoms with Gasteiger partial charge < -0.3 is 29.3 Å². The first kappa shape index (κ1) is 24.3. The monoisotopic (exact) mass is 580 g/mol. The summed E-state index contributed by atoms with van der Waals surface area (Å²) in [5.74, 6) is 0.455. The van der Waals surface area contributed by atoms with Crippen molar-refractivity contribution in [3.05, 3.63) is 118 Å². The second-order valence-corrected chi connectivity index (χ2v) is 7.91. The van der Waals surface area contributed by atoms with E-state index in [9.17, 15) is 19.8 Å². The number of aromatic carboxylic acids is 2. The minimum absolute atomic E-state index is 0. The van der Waals surface area contributed by atoms with E-state index < -0.39 is 11.9 Å². The van der Waals surface area contributed by atoms with Crippen LogP contribution in [0.1, 0.15) is 43.0 Å². The minimum Gasteiger partial charge on any atom is -0.545 e. The summed E-state index contributed by atoms with van der Waals surface area (Å²) >= 11 is 0. The van der Waals surface area contributed by atoms with Gasteiger partial charge in [0.15, 0.2) is 0 Å². The molecule has 0 saturated heterocycles. The van der Waals surface area contributed by atoms with Crippen LogP contribution in [0, 0.1) is 0 Å². The minimum atomic E-state index is -1.16. The van der Waals surface area contributed by atoms with Gasteiger partial charge in [-0.15, -0.1) is 0 Å². The molecule has 0 fully saturated rings. The summed E-state index contributed by atoms with van der Waals surface area (Å²) in [6.07, 6.45) is 1.13. The molecule has 0 bridgehead atoms. The molecule has 4 radical (unpaired) electrons. The standard InChI is InChI=1S/2C14H10O3.Te/c2*15-14(16)10-5-3-7-13-11(10)8-9-4-1-2-6-12(9)17-13;/h2*1-7H,8H2,(H,15,16);/q;;+2/p-2. The molecule has 172 valence electrons. The van der Waals surface area contributed by atoms with Gasteiger partial charge in [0.05, 0.1) is 11.9 Å². The Hall–Kier alpha value is -3.79. The van der Waals surface area contributed by atoms with Crippen LogP contribution in [0.15, 0.2) is 84.9 Å². The maximum Gasteiger partial charge on any atom is 2.00 e. The average Bonchev–Trinajstić information content (AvgIpc) is 2.85. The molecule has 0 saturated carbocycles. The van der Waals surface area contributed by atoms with Crippen LogP contribution in [-0.2, 0) is 12.8 Å². The third kappa shape index (κ3) is 4.88. The van der Waals surface area contributed by atoms with Gasteiger partial charge in [0.2, 0.25) is 0 Å². The maximum atomic E-state index is 11.0. The van der Waals surface area contributed by atoms with Crippen molar-refractivity contribution in [2.24, 2.45) is 0 Å². The first-order valence-electron chi connectivity index (χ1n) is 10.7. The van der Waals surface area contributed by atoms with Gasteiger partial charge in [0.25, 0.3) is 0 Å². The Labute approximate surface area is 218 Å². The second-order valence-electron chi connectivity index (χ2n) is 7.91. The molecule has 2 aliphatic rings. The van der Waals surface area contributed by atoms with Gasteiger partial charge in [0, 0.05) is 35.1 Å². The van der Waals surface area contributed by atoms with E-state index in [2.05, 4.69) is 0 Å². The molecule has 0 N–H and O–H groups in total. The van der Waals surface area contributed by atoms with E-state index in [4.69, 9.17) is 9.47 Å². The van der Waals surface area contributed by atoms with Crippen molar-refractivity contribution < 1.29 is 29.3 Å². The number of ether oxygens (including phenoxy) is 2. The Balaban J connectivity index is 0.000000160. The number of carboxylic acid groups (broad SMARTS) is 2. The van der Waals surface area contributed by atoms with E-state index in [1.807, 2.05) is 48.5 Å². The zero-order chi connectivity index (χ0) is 23.7. The summed E-state index contributed by atoms with van der Waals surface area (Å²) < 4.78 is 11.4. The molecule has 0 amide bonds. The Bertz CT molecular complexity index is 1320. The number of rotatable bonds is 2. The van der Waals surface area contributed by atoms with E-state index in [0.29, 0.717) is 35.5 Å². The molecule has 6 nitrogen and oxygen atoms in total. The third-order valence-electron chi connectivity index (χ3n) is 5.83. The van der Waals surface area contributed by atoms with Crippen molar-refractivity contribution in [1.29, 1.82) is 0 Å². The molecule has 0 aliphatic carbocycles. The number of hydrogen-bond donors (Lipinski definition) is 0. The fourth-order valence-corrected chi connectivity index (χ4v) is 4.19. The first-order chi connectivity index (χ1) is 16.5. The fraction of sp³-hybridized carbons (Fsp3) is 0.0714. The van der Waals surface area contributed by atoms with Gasteiger partial charge >= 0.3 is 23.7 Å². The fourth-order valence-electron chi connectivity index (χ4n) is 4.19. The molecule has 4 aromatic rings. The predicted octanol–water partition coefficient (Wildman–Crippen LogP) is 3.11. The molecule has 0 atom stereocenters. The third-order valence-corrected chi connectivity index (χ3v) is 5.83. The summed E-state index contributed by atoms with van der Waals surface area (Å²) in [5, 5.41) is 22.0. The number of hydrogen-bond acceptors (Lipinski definition) is 6. The number of para-hydroxylation sites is 2. The second kappa shape index (κ2) is 10.2. The maximum absolute atomic E-state index is 11.0.